The molecule has 9 heteroatoms. The summed E-state index contributed by atoms with van der Waals surface area (Å²) in [4.78, 5) is 12.7. The van der Waals surface area contributed by atoms with Crippen LogP contribution in [0.1, 0.15) is 12.8 Å². The van der Waals surface area contributed by atoms with E-state index < -0.39 is 27.8 Å². The van der Waals surface area contributed by atoms with Crippen molar-refractivity contribution in [2.45, 2.75) is 23.8 Å². The lowest BCUT2D eigenvalue weighted by molar-refractivity contribution is -0.119. The quantitative estimate of drug-likeness (QED) is 0.747. The van der Waals surface area contributed by atoms with Crippen LogP contribution in [0.25, 0.3) is 0 Å². The Morgan fingerprint density at radius 1 is 1.23 bits per heavy atom. The van der Waals surface area contributed by atoms with Gasteiger partial charge in [0, 0.05) is 16.0 Å². The van der Waals surface area contributed by atoms with Crippen molar-refractivity contribution in [3.63, 3.8) is 0 Å². The zero-order valence-corrected chi connectivity index (χ0v) is 16.6. The number of halogens is 3. The van der Waals surface area contributed by atoms with Gasteiger partial charge in [0.2, 0.25) is 15.9 Å². The minimum Gasteiger partial charge on any atom is -0.322 e. The largest absolute Gasteiger partial charge is 0.322 e. The number of carbonyl (C=O) groups is 1. The first-order valence-corrected chi connectivity index (χ1v) is 10.4. The molecule has 0 radical (unpaired) electrons. The lowest BCUT2D eigenvalue weighted by Gasteiger charge is -2.23. The molecule has 1 fully saturated rings. The van der Waals surface area contributed by atoms with Gasteiger partial charge in [-0.1, -0.05) is 27.5 Å². The van der Waals surface area contributed by atoms with Gasteiger partial charge < -0.3 is 5.32 Å². The molecule has 3 rings (SSSR count). The normalized spacial score (nSPS) is 18.0. The highest BCUT2D eigenvalue weighted by Crippen LogP contribution is 2.28. The van der Waals surface area contributed by atoms with Gasteiger partial charge in [-0.3, -0.25) is 4.79 Å². The summed E-state index contributed by atoms with van der Waals surface area (Å²) in [5, 5.41) is 2.71. The van der Waals surface area contributed by atoms with E-state index in [1.54, 1.807) is 12.1 Å². The van der Waals surface area contributed by atoms with E-state index >= 15 is 0 Å². The monoisotopic (exact) mass is 460 g/mol. The van der Waals surface area contributed by atoms with E-state index in [0.717, 1.165) is 14.8 Å². The molecule has 1 saturated heterocycles. The van der Waals surface area contributed by atoms with Gasteiger partial charge in [0.1, 0.15) is 11.9 Å². The molecule has 1 aliphatic rings. The Morgan fingerprint density at radius 3 is 2.62 bits per heavy atom. The Balaban J connectivity index is 1.84. The molecule has 138 valence electrons. The molecule has 1 N–H and O–H groups in total. The van der Waals surface area contributed by atoms with Gasteiger partial charge in [-0.05, 0) is 55.3 Å². The second kappa shape index (κ2) is 7.64. The number of nitrogens with zero attached hydrogens (tertiary/aromatic N) is 1. The molecule has 1 amide bonds. The van der Waals surface area contributed by atoms with Crippen molar-refractivity contribution in [2.75, 3.05) is 11.9 Å². The molecule has 1 heterocycles. The molecule has 26 heavy (non-hydrogen) atoms. The van der Waals surface area contributed by atoms with Crippen molar-refractivity contribution in [1.29, 1.82) is 0 Å². The number of anilines is 1. The van der Waals surface area contributed by atoms with Crippen molar-refractivity contribution in [3.8, 4) is 0 Å². The van der Waals surface area contributed by atoms with Crippen LogP contribution in [-0.2, 0) is 14.8 Å². The summed E-state index contributed by atoms with van der Waals surface area (Å²) >= 11 is 9.09. The van der Waals surface area contributed by atoms with Crippen LogP contribution in [0.2, 0.25) is 5.02 Å². The summed E-state index contributed by atoms with van der Waals surface area (Å²) in [5.74, 6) is -1.22. The summed E-state index contributed by atoms with van der Waals surface area (Å²) in [6.07, 6.45) is 0.912. The fourth-order valence-corrected chi connectivity index (χ4v) is 4.93. The smallest absolute Gasteiger partial charge is 0.243 e. The van der Waals surface area contributed by atoms with E-state index in [2.05, 4.69) is 21.2 Å². The maximum absolute atomic E-state index is 13.8. The molecule has 0 saturated carbocycles. The molecule has 5 nitrogen and oxygen atoms in total. The van der Waals surface area contributed by atoms with Gasteiger partial charge in [-0.25, -0.2) is 12.8 Å². The molecule has 0 bridgehead atoms. The highest BCUT2D eigenvalue weighted by Gasteiger charge is 2.39. The van der Waals surface area contributed by atoms with Crippen LogP contribution in [0.5, 0.6) is 0 Å². The van der Waals surface area contributed by atoms with Crippen LogP contribution in [0, 0.1) is 5.82 Å². The SMILES string of the molecule is O=C(Nc1cc(Cl)ccc1F)C1CCCN1S(=O)(=O)c1ccc(Br)cc1. The standard InChI is InChI=1S/C17H15BrClFN2O3S/c18-11-3-6-13(7-4-11)26(24,25)22-9-1-2-16(22)17(23)21-15-10-12(19)5-8-14(15)20/h3-8,10,16H,1-2,9H2,(H,21,23). The molecule has 1 unspecified atom stereocenters. The van der Waals surface area contributed by atoms with Gasteiger partial charge in [-0.15, -0.1) is 0 Å². The number of nitrogens with one attached hydrogen (secondary N) is 1. The van der Waals surface area contributed by atoms with Gasteiger partial charge in [0.15, 0.2) is 0 Å². The van der Waals surface area contributed by atoms with Crippen molar-refractivity contribution < 1.29 is 17.6 Å². The summed E-state index contributed by atoms with van der Waals surface area (Å²) in [6, 6.07) is 9.10. The van der Waals surface area contributed by atoms with Crippen LogP contribution >= 0.6 is 27.5 Å². The topological polar surface area (TPSA) is 66.5 Å². The predicted octanol–water partition coefficient (Wildman–Crippen LogP) is 4.03. The van der Waals surface area contributed by atoms with Crippen molar-refractivity contribution in [1.82, 2.24) is 4.31 Å². The van der Waals surface area contributed by atoms with Crippen LogP contribution in [0.4, 0.5) is 10.1 Å². The summed E-state index contributed by atoms with van der Waals surface area (Å²) in [6.45, 7) is 0.231. The number of hydrogen-bond acceptors (Lipinski definition) is 3. The number of amides is 1. The van der Waals surface area contributed by atoms with E-state index in [1.165, 1.54) is 24.3 Å². The maximum atomic E-state index is 13.8. The van der Waals surface area contributed by atoms with Crippen LogP contribution in [0.15, 0.2) is 51.8 Å². The Morgan fingerprint density at radius 2 is 1.92 bits per heavy atom. The van der Waals surface area contributed by atoms with Crippen molar-refractivity contribution in [3.05, 3.63) is 57.8 Å². The first kappa shape index (κ1) is 19.3. The third-order valence-electron chi connectivity index (χ3n) is 4.11. The number of carbonyl (C=O) groups excluding carboxylic acids is 1. The summed E-state index contributed by atoms with van der Waals surface area (Å²) in [5.41, 5.74) is -0.0737. The molecular formula is C17H15BrClFN2O3S. The Labute approximate surface area is 164 Å². The van der Waals surface area contributed by atoms with Crippen LogP contribution in [0.3, 0.4) is 0 Å². The first-order chi connectivity index (χ1) is 12.3. The van der Waals surface area contributed by atoms with Gasteiger partial charge >= 0.3 is 0 Å². The van der Waals surface area contributed by atoms with Gasteiger partial charge in [0.05, 0.1) is 10.6 Å². The number of rotatable bonds is 4. The molecule has 1 atom stereocenters. The lowest BCUT2D eigenvalue weighted by atomic mass is 10.2. The second-order valence-corrected chi connectivity index (χ2v) is 9.08. The van der Waals surface area contributed by atoms with Crippen molar-refractivity contribution in [2.24, 2.45) is 0 Å². The maximum Gasteiger partial charge on any atom is 0.243 e. The van der Waals surface area contributed by atoms with Gasteiger partial charge in [-0.2, -0.15) is 4.31 Å². The highest BCUT2D eigenvalue weighted by atomic mass is 79.9. The summed E-state index contributed by atoms with van der Waals surface area (Å²) < 4.78 is 41.5. The molecule has 0 spiro atoms. The van der Waals surface area contributed by atoms with E-state index in [0.29, 0.717) is 12.8 Å². The minimum atomic E-state index is -3.83. The van der Waals surface area contributed by atoms with E-state index in [9.17, 15) is 17.6 Å². The molecule has 1 aliphatic heterocycles. The lowest BCUT2D eigenvalue weighted by Crippen LogP contribution is -2.43. The molecule has 0 aromatic heterocycles. The van der Waals surface area contributed by atoms with Crippen molar-refractivity contribution >= 4 is 49.1 Å². The zero-order valence-electron chi connectivity index (χ0n) is 13.5. The highest BCUT2D eigenvalue weighted by molar-refractivity contribution is 9.10. The van der Waals surface area contributed by atoms with E-state index in [-0.39, 0.29) is 22.2 Å². The zero-order chi connectivity index (χ0) is 18.9. The molecule has 2 aromatic carbocycles. The number of hydrogen-bond donors (Lipinski definition) is 1. The third-order valence-corrected chi connectivity index (χ3v) is 6.80. The van der Waals surface area contributed by atoms with E-state index in [4.69, 9.17) is 11.6 Å². The average Bonchev–Trinajstić information content (AvgIpc) is 3.09. The third kappa shape index (κ3) is 3.93. The predicted molar refractivity (Wildman–Crippen MR) is 101 cm³/mol. The number of benzene rings is 2. The Kier molecular flexibility index (Phi) is 5.67. The Bertz CT molecular complexity index is 938. The van der Waals surface area contributed by atoms with Crippen LogP contribution < -0.4 is 5.32 Å². The number of sulfonamides is 1. The fraction of sp³-hybridized carbons (Fsp3) is 0.235. The molecule has 0 aliphatic carbocycles. The second-order valence-electron chi connectivity index (χ2n) is 5.84. The van der Waals surface area contributed by atoms with Gasteiger partial charge in [0.25, 0.3) is 0 Å². The summed E-state index contributed by atoms with van der Waals surface area (Å²) in [7, 11) is -3.83. The van der Waals surface area contributed by atoms with E-state index in [1.807, 2.05) is 0 Å². The first-order valence-electron chi connectivity index (χ1n) is 7.82. The molecular weight excluding hydrogens is 447 g/mol. The molecule has 2 aromatic rings. The Hall–Kier alpha value is -1.48. The average molecular weight is 462 g/mol. The minimum absolute atomic E-state index is 0.0737. The fourth-order valence-electron chi connectivity index (χ4n) is 2.84. The van der Waals surface area contributed by atoms with Crippen LogP contribution in [-0.4, -0.2) is 31.2 Å².